The van der Waals surface area contributed by atoms with Gasteiger partial charge in [0.25, 0.3) is 5.91 Å². The van der Waals surface area contributed by atoms with Crippen molar-refractivity contribution in [1.29, 1.82) is 5.26 Å². The summed E-state index contributed by atoms with van der Waals surface area (Å²) >= 11 is 0. The van der Waals surface area contributed by atoms with Gasteiger partial charge in [-0.25, -0.2) is 0 Å². The van der Waals surface area contributed by atoms with Gasteiger partial charge in [0.1, 0.15) is 6.04 Å². The molecule has 0 bridgehead atoms. The zero-order chi connectivity index (χ0) is 14.8. The fourth-order valence-corrected chi connectivity index (χ4v) is 2.28. The predicted molar refractivity (Wildman–Crippen MR) is 65.7 cm³/mol. The lowest BCUT2D eigenvalue weighted by Gasteiger charge is -2.31. The second kappa shape index (κ2) is 5.53. The van der Waals surface area contributed by atoms with Crippen molar-refractivity contribution in [2.75, 3.05) is 6.54 Å². The van der Waals surface area contributed by atoms with Crippen molar-refractivity contribution < 1.29 is 18.0 Å². The van der Waals surface area contributed by atoms with E-state index in [1.54, 1.807) is 0 Å². The first-order chi connectivity index (χ1) is 9.43. The van der Waals surface area contributed by atoms with Crippen LogP contribution in [0.3, 0.4) is 0 Å². The minimum Gasteiger partial charge on any atom is -0.323 e. The van der Waals surface area contributed by atoms with Gasteiger partial charge in [-0.15, -0.1) is 0 Å². The quantitative estimate of drug-likeness (QED) is 0.793. The van der Waals surface area contributed by atoms with Crippen LogP contribution in [0.5, 0.6) is 0 Å². The molecule has 1 aliphatic rings. The monoisotopic (exact) mass is 282 g/mol. The van der Waals surface area contributed by atoms with Crippen molar-refractivity contribution in [1.82, 2.24) is 4.90 Å². The molecule has 0 aromatic heterocycles. The number of carbonyl (C=O) groups is 1. The molecular weight excluding hydrogens is 269 g/mol. The van der Waals surface area contributed by atoms with Gasteiger partial charge in [-0.3, -0.25) is 4.79 Å². The highest BCUT2D eigenvalue weighted by molar-refractivity contribution is 5.94. The molecule has 1 aromatic rings. The van der Waals surface area contributed by atoms with E-state index in [0.29, 0.717) is 13.0 Å². The topological polar surface area (TPSA) is 44.1 Å². The normalized spacial score (nSPS) is 19.5. The van der Waals surface area contributed by atoms with E-state index >= 15 is 0 Å². The zero-order valence-corrected chi connectivity index (χ0v) is 10.7. The minimum atomic E-state index is -4.41. The first kappa shape index (κ1) is 14.4. The number of rotatable bonds is 1. The van der Waals surface area contributed by atoms with Gasteiger partial charge < -0.3 is 4.90 Å². The first-order valence-electron chi connectivity index (χ1n) is 6.31. The van der Waals surface area contributed by atoms with Gasteiger partial charge in [0.15, 0.2) is 0 Å². The number of likely N-dealkylation sites (tertiary alicyclic amines) is 1. The number of alkyl halides is 3. The molecule has 6 heteroatoms. The average molecular weight is 282 g/mol. The van der Waals surface area contributed by atoms with Crippen molar-refractivity contribution >= 4 is 5.91 Å². The van der Waals surface area contributed by atoms with Gasteiger partial charge in [-0.2, -0.15) is 18.4 Å². The van der Waals surface area contributed by atoms with Crippen LogP contribution >= 0.6 is 0 Å². The van der Waals surface area contributed by atoms with Crippen molar-refractivity contribution in [2.24, 2.45) is 0 Å². The highest BCUT2D eigenvalue weighted by Gasteiger charge is 2.31. The van der Waals surface area contributed by atoms with E-state index in [1.807, 2.05) is 0 Å². The van der Waals surface area contributed by atoms with Gasteiger partial charge in [0.2, 0.25) is 0 Å². The van der Waals surface area contributed by atoms with Crippen LogP contribution in [0.1, 0.15) is 35.2 Å². The molecule has 0 aliphatic carbocycles. The Kier molecular flexibility index (Phi) is 3.98. The van der Waals surface area contributed by atoms with Crippen molar-refractivity contribution in [3.63, 3.8) is 0 Å². The second-order valence-electron chi connectivity index (χ2n) is 4.71. The molecule has 3 nitrogen and oxygen atoms in total. The van der Waals surface area contributed by atoms with Crippen LogP contribution < -0.4 is 0 Å². The molecule has 1 unspecified atom stereocenters. The number of nitrogens with zero attached hydrogens (tertiary/aromatic N) is 2. The van der Waals surface area contributed by atoms with Crippen LogP contribution in [0.2, 0.25) is 0 Å². The lowest BCUT2D eigenvalue weighted by Crippen LogP contribution is -2.42. The number of amides is 1. The smallest absolute Gasteiger partial charge is 0.323 e. The maximum Gasteiger partial charge on any atom is 0.416 e. The third kappa shape index (κ3) is 2.93. The second-order valence-corrected chi connectivity index (χ2v) is 4.71. The first-order valence-corrected chi connectivity index (χ1v) is 6.31. The van der Waals surface area contributed by atoms with Gasteiger partial charge in [-0.1, -0.05) is 0 Å². The van der Waals surface area contributed by atoms with E-state index in [9.17, 15) is 18.0 Å². The third-order valence-corrected chi connectivity index (χ3v) is 3.37. The van der Waals surface area contributed by atoms with Crippen LogP contribution in [0, 0.1) is 11.3 Å². The molecule has 0 spiro atoms. The summed E-state index contributed by atoms with van der Waals surface area (Å²) in [6.07, 6.45) is -2.11. The molecule has 1 aliphatic heterocycles. The number of piperidine rings is 1. The lowest BCUT2D eigenvalue weighted by atomic mass is 10.0. The fraction of sp³-hybridized carbons (Fsp3) is 0.429. The Bertz CT molecular complexity index is 531. The molecule has 1 aromatic carbocycles. The Morgan fingerprint density at radius 2 is 1.90 bits per heavy atom. The Hall–Kier alpha value is -2.03. The molecule has 1 fully saturated rings. The summed E-state index contributed by atoms with van der Waals surface area (Å²) in [5.41, 5.74) is -0.607. The molecule has 1 saturated heterocycles. The molecule has 2 rings (SSSR count). The van der Waals surface area contributed by atoms with Gasteiger partial charge in [0.05, 0.1) is 11.6 Å². The Morgan fingerprint density at radius 1 is 1.25 bits per heavy atom. The number of hydrogen-bond acceptors (Lipinski definition) is 2. The Morgan fingerprint density at radius 3 is 2.45 bits per heavy atom. The summed E-state index contributed by atoms with van der Waals surface area (Å²) < 4.78 is 37.4. The van der Waals surface area contributed by atoms with Gasteiger partial charge in [-0.05, 0) is 43.5 Å². The summed E-state index contributed by atoms with van der Waals surface area (Å²) in [5, 5.41) is 9.02. The molecule has 1 heterocycles. The standard InChI is InChI=1S/C14H13F3N2O/c15-14(16,17)11-6-4-10(5-7-11)13(20)19-8-2-1-3-12(19)9-18/h4-7,12H,1-3,8H2. The summed E-state index contributed by atoms with van der Waals surface area (Å²) in [6.45, 7) is 0.470. The van der Waals surface area contributed by atoms with Crippen LogP contribution in [-0.2, 0) is 6.18 Å². The van der Waals surface area contributed by atoms with E-state index in [1.165, 1.54) is 4.90 Å². The molecule has 106 valence electrons. The largest absolute Gasteiger partial charge is 0.416 e. The van der Waals surface area contributed by atoms with Crippen LogP contribution in [-0.4, -0.2) is 23.4 Å². The van der Waals surface area contributed by atoms with Crippen LogP contribution in [0.25, 0.3) is 0 Å². The summed E-state index contributed by atoms with van der Waals surface area (Å²) in [6, 6.07) is 5.67. The molecular formula is C14H13F3N2O. The van der Waals surface area contributed by atoms with Crippen molar-refractivity contribution in [3.8, 4) is 6.07 Å². The van der Waals surface area contributed by atoms with Crippen LogP contribution in [0.4, 0.5) is 13.2 Å². The lowest BCUT2D eigenvalue weighted by molar-refractivity contribution is -0.137. The number of hydrogen-bond donors (Lipinski definition) is 0. The van der Waals surface area contributed by atoms with Gasteiger partial charge >= 0.3 is 6.18 Å². The minimum absolute atomic E-state index is 0.181. The number of halogens is 3. The van der Waals surface area contributed by atoms with Crippen molar-refractivity contribution in [3.05, 3.63) is 35.4 Å². The Labute approximate surface area is 114 Å². The van der Waals surface area contributed by atoms with E-state index in [2.05, 4.69) is 6.07 Å². The molecule has 1 amide bonds. The SMILES string of the molecule is N#CC1CCCCN1C(=O)c1ccc(C(F)(F)F)cc1. The number of carbonyl (C=O) groups excluding carboxylic acids is 1. The molecule has 0 radical (unpaired) electrons. The van der Waals surface area contributed by atoms with E-state index < -0.39 is 17.8 Å². The number of benzene rings is 1. The van der Waals surface area contributed by atoms with Crippen molar-refractivity contribution in [2.45, 2.75) is 31.5 Å². The highest BCUT2D eigenvalue weighted by Crippen LogP contribution is 2.29. The number of nitriles is 1. The molecule has 0 N–H and O–H groups in total. The molecule has 20 heavy (non-hydrogen) atoms. The summed E-state index contributed by atoms with van der Waals surface area (Å²) in [4.78, 5) is 13.7. The predicted octanol–water partition coefficient (Wildman–Crippen LogP) is 3.22. The average Bonchev–Trinajstić information content (AvgIpc) is 2.45. The van der Waals surface area contributed by atoms with E-state index in [-0.39, 0.29) is 11.5 Å². The van der Waals surface area contributed by atoms with E-state index in [4.69, 9.17) is 5.26 Å². The summed E-state index contributed by atoms with van der Waals surface area (Å²) in [5.74, 6) is -0.384. The van der Waals surface area contributed by atoms with Crippen LogP contribution in [0.15, 0.2) is 24.3 Å². The fourth-order valence-electron chi connectivity index (χ4n) is 2.28. The summed E-state index contributed by atoms with van der Waals surface area (Å²) in [7, 11) is 0. The third-order valence-electron chi connectivity index (χ3n) is 3.37. The molecule has 0 saturated carbocycles. The highest BCUT2D eigenvalue weighted by atomic mass is 19.4. The zero-order valence-electron chi connectivity index (χ0n) is 10.7. The van der Waals surface area contributed by atoms with Gasteiger partial charge in [0, 0.05) is 12.1 Å². The Balaban J connectivity index is 2.19. The maximum atomic E-state index is 12.5. The maximum absolute atomic E-state index is 12.5. The molecule has 1 atom stereocenters. The van der Waals surface area contributed by atoms with E-state index in [0.717, 1.165) is 37.1 Å².